The second-order valence-corrected chi connectivity index (χ2v) is 8.10. The van der Waals surface area contributed by atoms with E-state index in [9.17, 15) is 9.59 Å². The maximum absolute atomic E-state index is 12.1. The van der Waals surface area contributed by atoms with Crippen molar-refractivity contribution in [3.63, 3.8) is 0 Å². The molecule has 3 aromatic rings. The van der Waals surface area contributed by atoms with Crippen molar-refractivity contribution in [1.82, 2.24) is 9.97 Å². The molecule has 0 saturated carbocycles. The highest BCUT2D eigenvalue weighted by atomic mass is 35.5. The van der Waals surface area contributed by atoms with Crippen molar-refractivity contribution < 1.29 is 9.59 Å². The Morgan fingerprint density at radius 3 is 2.54 bits per heavy atom. The first-order valence-electron chi connectivity index (χ1n) is 11.0. The molecule has 35 heavy (non-hydrogen) atoms. The van der Waals surface area contributed by atoms with Crippen LogP contribution in [-0.4, -0.2) is 34.9 Å². The second kappa shape index (κ2) is 12.0. The van der Waals surface area contributed by atoms with E-state index in [1.165, 1.54) is 19.2 Å². The average Bonchev–Trinajstić information content (AvgIpc) is 2.84. The number of carbonyl (C=O) groups is 2. The molecule has 0 fully saturated rings. The number of anilines is 6. The molecule has 2 amide bonds. The molecule has 3 rings (SSSR count). The van der Waals surface area contributed by atoms with E-state index in [1.54, 1.807) is 23.1 Å². The molecular weight excluding hydrogens is 466 g/mol. The number of hydrogen-bond acceptors (Lipinski definition) is 7. The third-order valence-electron chi connectivity index (χ3n) is 5.10. The van der Waals surface area contributed by atoms with E-state index in [1.807, 2.05) is 31.2 Å². The highest BCUT2D eigenvalue weighted by Gasteiger charge is 2.14. The summed E-state index contributed by atoms with van der Waals surface area (Å²) in [6, 6.07) is 12.8. The summed E-state index contributed by atoms with van der Waals surface area (Å²) in [7, 11) is 0. The Bertz CT molecular complexity index is 1230. The molecule has 1 aromatic heterocycles. The van der Waals surface area contributed by atoms with E-state index in [0.29, 0.717) is 47.7 Å². The number of rotatable bonds is 10. The quantitative estimate of drug-likeness (QED) is 0.300. The number of nitrogens with two attached hydrogens (primary N) is 1. The minimum atomic E-state index is -0.333. The van der Waals surface area contributed by atoms with Gasteiger partial charge in [0, 0.05) is 24.8 Å². The Kier molecular flexibility index (Phi) is 8.77. The van der Waals surface area contributed by atoms with Crippen LogP contribution in [0, 0.1) is 6.92 Å². The maximum atomic E-state index is 12.1. The molecule has 1 heterocycles. The van der Waals surface area contributed by atoms with Gasteiger partial charge in [-0.15, -0.1) is 0 Å². The van der Waals surface area contributed by atoms with E-state index < -0.39 is 0 Å². The highest BCUT2D eigenvalue weighted by Crippen LogP contribution is 2.30. The van der Waals surface area contributed by atoms with Gasteiger partial charge in [0.1, 0.15) is 5.02 Å². The molecule has 0 radical (unpaired) electrons. The van der Waals surface area contributed by atoms with Crippen LogP contribution in [0.4, 0.5) is 34.5 Å². The van der Waals surface area contributed by atoms with Crippen molar-refractivity contribution in [1.29, 1.82) is 0 Å². The number of amides is 2. The Morgan fingerprint density at radius 1 is 1.14 bits per heavy atom. The monoisotopic (exact) mass is 493 g/mol. The number of halogens is 1. The molecule has 10 heteroatoms. The lowest BCUT2D eigenvalue weighted by Gasteiger charge is -2.22. The third-order valence-corrected chi connectivity index (χ3v) is 5.38. The number of aryl methyl sites for hydroxylation is 1. The van der Waals surface area contributed by atoms with Crippen LogP contribution >= 0.6 is 11.6 Å². The molecule has 9 nitrogen and oxygen atoms in total. The van der Waals surface area contributed by atoms with Crippen LogP contribution in [0.2, 0.25) is 5.02 Å². The zero-order valence-electron chi connectivity index (χ0n) is 19.6. The van der Waals surface area contributed by atoms with Crippen molar-refractivity contribution in [2.24, 2.45) is 5.73 Å². The molecule has 0 aliphatic rings. The zero-order valence-corrected chi connectivity index (χ0v) is 20.4. The number of aromatic nitrogens is 2. The normalized spacial score (nSPS) is 10.4. The Balaban J connectivity index is 1.82. The van der Waals surface area contributed by atoms with Crippen LogP contribution in [0.1, 0.15) is 18.9 Å². The minimum absolute atomic E-state index is 0.0418. The second-order valence-electron chi connectivity index (χ2n) is 7.69. The summed E-state index contributed by atoms with van der Waals surface area (Å²) in [6.45, 7) is 8.01. The molecule has 0 aliphatic carbocycles. The zero-order chi connectivity index (χ0) is 25.4. The molecule has 0 spiro atoms. The number of carbonyl (C=O) groups excluding carboxylic acids is 2. The summed E-state index contributed by atoms with van der Waals surface area (Å²) < 4.78 is 0. The molecule has 0 bridgehead atoms. The van der Waals surface area contributed by atoms with Crippen LogP contribution in [-0.2, 0) is 9.59 Å². The summed E-state index contributed by atoms with van der Waals surface area (Å²) in [5.74, 6) is 0.316. The molecule has 5 N–H and O–H groups in total. The van der Waals surface area contributed by atoms with E-state index >= 15 is 0 Å². The predicted octanol–water partition coefficient (Wildman–Crippen LogP) is 4.75. The molecule has 0 saturated heterocycles. The van der Waals surface area contributed by atoms with Crippen LogP contribution in [0.15, 0.2) is 61.3 Å². The van der Waals surface area contributed by atoms with Crippen molar-refractivity contribution in [2.45, 2.75) is 20.3 Å². The number of nitrogens with zero attached hydrogens (tertiary/aromatic N) is 3. The summed E-state index contributed by atoms with van der Waals surface area (Å²) in [6.07, 6.45) is 3.39. The molecular formula is C25H28ClN7O2. The average molecular weight is 494 g/mol. The van der Waals surface area contributed by atoms with Crippen molar-refractivity contribution in [3.05, 3.63) is 71.9 Å². The van der Waals surface area contributed by atoms with Gasteiger partial charge in [0.05, 0.1) is 17.6 Å². The predicted molar refractivity (Wildman–Crippen MR) is 142 cm³/mol. The molecule has 182 valence electrons. The lowest BCUT2D eigenvalue weighted by Crippen LogP contribution is -2.30. The smallest absolute Gasteiger partial charge is 0.247 e. The van der Waals surface area contributed by atoms with E-state index in [0.717, 1.165) is 16.9 Å². The van der Waals surface area contributed by atoms with Crippen LogP contribution in [0.3, 0.4) is 0 Å². The highest BCUT2D eigenvalue weighted by molar-refractivity contribution is 6.33. The van der Waals surface area contributed by atoms with Gasteiger partial charge in [0.25, 0.3) is 0 Å². The fourth-order valence-corrected chi connectivity index (χ4v) is 3.46. The first kappa shape index (κ1) is 25.7. The molecule has 0 atom stereocenters. The SMILES string of the molecule is C=CC(=O)Nc1ccccc1Nc1nc(Nc2ccc(N(CCCN)C(C)=O)cc2C)ncc1Cl. The third kappa shape index (κ3) is 6.78. The van der Waals surface area contributed by atoms with Crippen molar-refractivity contribution in [2.75, 3.05) is 33.9 Å². The maximum Gasteiger partial charge on any atom is 0.247 e. The standard InChI is InChI=1S/C25H28ClN7O2/c1-4-23(35)29-21-8-5-6-9-22(21)30-24-19(26)15-28-25(32-24)31-20-11-10-18(14-16(20)2)33(17(3)34)13-7-12-27/h4-6,8-11,14-15H,1,7,12-13,27H2,2-3H3,(H,29,35)(H2,28,30,31,32). The van der Waals surface area contributed by atoms with Gasteiger partial charge in [-0.1, -0.05) is 30.3 Å². The van der Waals surface area contributed by atoms with E-state index in [4.69, 9.17) is 17.3 Å². The van der Waals surface area contributed by atoms with Gasteiger partial charge in [-0.05, 0) is 61.9 Å². The fraction of sp³-hybridized carbons (Fsp3) is 0.200. The lowest BCUT2D eigenvalue weighted by atomic mass is 10.1. The van der Waals surface area contributed by atoms with Crippen LogP contribution < -0.4 is 26.6 Å². The molecule has 2 aromatic carbocycles. The van der Waals surface area contributed by atoms with E-state index in [2.05, 4.69) is 32.5 Å². The molecule has 0 unspecified atom stereocenters. The Labute approximate surface area is 209 Å². The van der Waals surface area contributed by atoms with Gasteiger partial charge < -0.3 is 26.6 Å². The summed E-state index contributed by atoms with van der Waals surface area (Å²) in [5, 5.41) is 9.38. The lowest BCUT2D eigenvalue weighted by molar-refractivity contribution is -0.116. The summed E-state index contributed by atoms with van der Waals surface area (Å²) >= 11 is 6.33. The first-order chi connectivity index (χ1) is 16.8. The Hall–Kier alpha value is -3.95. The van der Waals surface area contributed by atoms with Gasteiger partial charge in [0.2, 0.25) is 17.8 Å². The van der Waals surface area contributed by atoms with Gasteiger partial charge in [0.15, 0.2) is 5.82 Å². The number of hydrogen-bond donors (Lipinski definition) is 4. The molecule has 0 aliphatic heterocycles. The van der Waals surface area contributed by atoms with Gasteiger partial charge in [-0.3, -0.25) is 9.59 Å². The topological polar surface area (TPSA) is 125 Å². The summed E-state index contributed by atoms with van der Waals surface area (Å²) in [4.78, 5) is 34.3. The van der Waals surface area contributed by atoms with Crippen LogP contribution in [0.25, 0.3) is 0 Å². The number of benzene rings is 2. The van der Waals surface area contributed by atoms with Crippen molar-refractivity contribution in [3.8, 4) is 0 Å². The minimum Gasteiger partial charge on any atom is -0.337 e. The van der Waals surface area contributed by atoms with E-state index in [-0.39, 0.29) is 11.8 Å². The number of nitrogens with one attached hydrogen (secondary N) is 3. The number of para-hydroxylation sites is 2. The van der Waals surface area contributed by atoms with Crippen LogP contribution in [0.5, 0.6) is 0 Å². The fourth-order valence-electron chi connectivity index (χ4n) is 3.32. The van der Waals surface area contributed by atoms with Gasteiger partial charge >= 0.3 is 0 Å². The Morgan fingerprint density at radius 2 is 1.89 bits per heavy atom. The summed E-state index contributed by atoms with van der Waals surface area (Å²) in [5.41, 5.74) is 9.25. The first-order valence-corrected chi connectivity index (χ1v) is 11.4. The van der Waals surface area contributed by atoms with Gasteiger partial charge in [-0.25, -0.2) is 4.98 Å². The van der Waals surface area contributed by atoms with Gasteiger partial charge in [-0.2, -0.15) is 4.98 Å². The van der Waals surface area contributed by atoms with Crippen molar-refractivity contribution >= 4 is 57.9 Å². The largest absolute Gasteiger partial charge is 0.337 e.